The van der Waals surface area contributed by atoms with E-state index < -0.39 is 34.6 Å². The maximum atomic E-state index is 13.2. The van der Waals surface area contributed by atoms with E-state index in [0.717, 1.165) is 0 Å². The summed E-state index contributed by atoms with van der Waals surface area (Å²) in [6.45, 7) is 10.3. The van der Waals surface area contributed by atoms with Crippen LogP contribution in [0.5, 0.6) is 0 Å². The molecule has 150 valence electrons. The molecule has 0 saturated carbocycles. The van der Waals surface area contributed by atoms with Gasteiger partial charge in [-0.3, -0.25) is 5.41 Å². The highest BCUT2D eigenvalue weighted by Gasteiger charge is 2.53. The summed E-state index contributed by atoms with van der Waals surface area (Å²) in [7, 11) is 0. The molecular formula is C19H30N4O4. The molecule has 6 N–H and O–H groups in total. The summed E-state index contributed by atoms with van der Waals surface area (Å²) >= 11 is 0. The first-order valence-corrected chi connectivity index (χ1v) is 8.60. The second-order valence-electron chi connectivity index (χ2n) is 8.20. The van der Waals surface area contributed by atoms with Gasteiger partial charge in [-0.1, -0.05) is 24.3 Å². The molecule has 0 spiro atoms. The lowest BCUT2D eigenvalue weighted by atomic mass is 9.88. The lowest BCUT2D eigenvalue weighted by Gasteiger charge is -2.35. The Bertz CT molecular complexity index is 689. The van der Waals surface area contributed by atoms with Crippen LogP contribution in [0.3, 0.4) is 0 Å². The van der Waals surface area contributed by atoms with E-state index >= 15 is 0 Å². The highest BCUT2D eigenvalue weighted by atomic mass is 16.6. The molecule has 0 radical (unpaired) electrons. The van der Waals surface area contributed by atoms with E-state index in [4.69, 9.17) is 26.4 Å². The maximum absolute atomic E-state index is 13.2. The minimum atomic E-state index is -2.14. The molecule has 0 bridgehead atoms. The van der Waals surface area contributed by atoms with Gasteiger partial charge in [-0.05, 0) is 47.1 Å². The quantitative estimate of drug-likeness (QED) is 0.263. The summed E-state index contributed by atoms with van der Waals surface area (Å²) in [5, 5.41) is 10.1. The highest BCUT2D eigenvalue weighted by Crippen LogP contribution is 2.30. The summed E-state index contributed by atoms with van der Waals surface area (Å²) in [6.07, 6.45) is 0. The molecule has 0 fully saturated rings. The van der Waals surface area contributed by atoms with Crippen molar-refractivity contribution in [3.63, 3.8) is 0 Å². The van der Waals surface area contributed by atoms with Crippen LogP contribution in [0.2, 0.25) is 0 Å². The number of guanidine groups is 1. The Labute approximate surface area is 160 Å². The fourth-order valence-corrected chi connectivity index (χ4v) is 2.34. The van der Waals surface area contributed by atoms with E-state index in [1.54, 1.807) is 65.8 Å². The van der Waals surface area contributed by atoms with Crippen molar-refractivity contribution in [2.45, 2.75) is 64.8 Å². The van der Waals surface area contributed by atoms with Crippen LogP contribution in [0, 0.1) is 5.41 Å². The van der Waals surface area contributed by atoms with Crippen molar-refractivity contribution >= 4 is 17.9 Å². The summed E-state index contributed by atoms with van der Waals surface area (Å²) < 4.78 is 11.0. The van der Waals surface area contributed by atoms with E-state index in [-0.39, 0.29) is 12.1 Å². The first-order valence-electron chi connectivity index (χ1n) is 8.60. The van der Waals surface area contributed by atoms with Gasteiger partial charge in [0, 0.05) is 12.1 Å². The molecule has 0 aliphatic carbocycles. The topological polar surface area (TPSA) is 141 Å². The average molecular weight is 378 g/mol. The number of nitrogens with one attached hydrogen (secondary N) is 2. The predicted octanol–water partition coefficient (Wildman–Crippen LogP) is 1.51. The molecule has 0 unspecified atom stereocenters. The average Bonchev–Trinajstić information content (AvgIpc) is 2.48. The van der Waals surface area contributed by atoms with Crippen molar-refractivity contribution < 1.29 is 19.1 Å². The molecule has 0 saturated heterocycles. The highest BCUT2D eigenvalue weighted by molar-refractivity contribution is 6.08. The van der Waals surface area contributed by atoms with Crippen LogP contribution >= 0.6 is 0 Å². The standard InChI is InChI=1S/C19H30N4O4/c1-17(2,3)26-14(24)19(23-16(21)22,15(25)27-18(4,5)6)13-9-7-8-12(10-13)11-20/h7-10H,11,20H2,1-6H3,(H4,21,22,23). The van der Waals surface area contributed by atoms with Crippen LogP contribution in [0.1, 0.15) is 52.7 Å². The third kappa shape index (κ3) is 5.96. The van der Waals surface area contributed by atoms with Crippen molar-refractivity contribution in [2.75, 3.05) is 0 Å². The van der Waals surface area contributed by atoms with Crippen molar-refractivity contribution in [3.8, 4) is 0 Å². The molecule has 0 heterocycles. The number of ether oxygens (including phenoxy) is 2. The zero-order valence-corrected chi connectivity index (χ0v) is 16.8. The number of carbonyl (C=O) groups is 2. The van der Waals surface area contributed by atoms with Crippen molar-refractivity contribution in [1.82, 2.24) is 5.32 Å². The largest absolute Gasteiger partial charge is 0.458 e. The molecule has 0 amide bonds. The summed E-state index contributed by atoms with van der Waals surface area (Å²) in [6, 6.07) is 6.56. The van der Waals surface area contributed by atoms with Crippen LogP contribution in [0.25, 0.3) is 0 Å². The number of hydrogen-bond acceptors (Lipinski definition) is 6. The number of carbonyl (C=O) groups excluding carboxylic acids is 2. The minimum absolute atomic E-state index is 0.201. The van der Waals surface area contributed by atoms with Gasteiger partial charge in [0.2, 0.25) is 0 Å². The minimum Gasteiger partial charge on any atom is -0.458 e. The van der Waals surface area contributed by atoms with Crippen molar-refractivity contribution in [3.05, 3.63) is 35.4 Å². The van der Waals surface area contributed by atoms with Gasteiger partial charge in [-0.25, -0.2) is 9.59 Å². The Morgan fingerprint density at radius 3 is 1.89 bits per heavy atom. The maximum Gasteiger partial charge on any atom is 0.349 e. The monoisotopic (exact) mass is 378 g/mol. The van der Waals surface area contributed by atoms with Gasteiger partial charge in [0.15, 0.2) is 5.96 Å². The molecule has 0 atom stereocenters. The van der Waals surface area contributed by atoms with Crippen LogP contribution < -0.4 is 16.8 Å². The predicted molar refractivity (Wildman–Crippen MR) is 103 cm³/mol. The number of esters is 2. The molecule has 0 aromatic heterocycles. The van der Waals surface area contributed by atoms with Gasteiger partial charge in [0.1, 0.15) is 11.2 Å². The summed E-state index contributed by atoms with van der Waals surface area (Å²) in [4.78, 5) is 26.3. The summed E-state index contributed by atoms with van der Waals surface area (Å²) in [5.74, 6) is -2.42. The van der Waals surface area contributed by atoms with Gasteiger partial charge in [0.05, 0.1) is 0 Å². The summed E-state index contributed by atoms with van der Waals surface area (Å²) in [5.41, 5.74) is 8.23. The van der Waals surface area contributed by atoms with Crippen molar-refractivity contribution in [1.29, 1.82) is 5.41 Å². The van der Waals surface area contributed by atoms with Crippen molar-refractivity contribution in [2.24, 2.45) is 11.5 Å². The Morgan fingerprint density at radius 1 is 1.04 bits per heavy atom. The van der Waals surface area contributed by atoms with E-state index in [0.29, 0.717) is 5.56 Å². The molecular weight excluding hydrogens is 348 g/mol. The van der Waals surface area contributed by atoms with Gasteiger partial charge >= 0.3 is 11.9 Å². The van der Waals surface area contributed by atoms with Gasteiger partial charge in [0.25, 0.3) is 5.54 Å². The smallest absolute Gasteiger partial charge is 0.349 e. The second-order valence-corrected chi connectivity index (χ2v) is 8.20. The number of rotatable bonds is 5. The SMILES string of the molecule is CC(C)(C)OC(=O)C(NC(=N)N)(C(=O)OC(C)(C)C)c1cccc(CN)c1. The molecule has 1 aromatic carbocycles. The van der Waals surface area contributed by atoms with Crippen LogP contribution in [0.4, 0.5) is 0 Å². The molecule has 0 aliphatic heterocycles. The Balaban J connectivity index is 3.68. The Morgan fingerprint density at radius 2 is 1.52 bits per heavy atom. The van der Waals surface area contributed by atoms with E-state index in [1.165, 1.54) is 0 Å². The van der Waals surface area contributed by atoms with Gasteiger partial charge in [-0.2, -0.15) is 0 Å². The fourth-order valence-electron chi connectivity index (χ4n) is 2.34. The molecule has 8 nitrogen and oxygen atoms in total. The zero-order valence-electron chi connectivity index (χ0n) is 16.8. The fraction of sp³-hybridized carbons (Fsp3) is 0.526. The lowest BCUT2D eigenvalue weighted by molar-refractivity contribution is -0.179. The van der Waals surface area contributed by atoms with Crippen LogP contribution in [0.15, 0.2) is 24.3 Å². The first-order chi connectivity index (χ1) is 12.2. The molecule has 27 heavy (non-hydrogen) atoms. The number of nitrogens with two attached hydrogens (primary N) is 2. The lowest BCUT2D eigenvalue weighted by Crippen LogP contribution is -2.62. The van der Waals surface area contributed by atoms with E-state index in [9.17, 15) is 9.59 Å². The Kier molecular flexibility index (Phi) is 6.61. The van der Waals surface area contributed by atoms with Gasteiger partial charge in [-0.15, -0.1) is 0 Å². The number of hydrogen-bond donors (Lipinski definition) is 4. The third-order valence-electron chi connectivity index (χ3n) is 3.33. The third-order valence-corrected chi connectivity index (χ3v) is 3.33. The molecule has 0 aliphatic rings. The second kappa shape index (κ2) is 7.96. The number of benzene rings is 1. The van der Waals surface area contributed by atoms with Crippen LogP contribution in [-0.4, -0.2) is 29.1 Å². The molecule has 1 rings (SSSR count). The zero-order chi connectivity index (χ0) is 21.0. The van der Waals surface area contributed by atoms with E-state index in [1.807, 2.05) is 0 Å². The normalized spacial score (nSPS) is 12.3. The molecule has 8 heteroatoms. The van der Waals surface area contributed by atoms with E-state index in [2.05, 4.69) is 5.32 Å². The first kappa shape index (κ1) is 22.4. The van der Waals surface area contributed by atoms with Gasteiger partial charge < -0.3 is 26.3 Å². The van der Waals surface area contributed by atoms with Crippen LogP contribution in [-0.2, 0) is 31.1 Å². The Hall–Kier alpha value is -2.61. The molecule has 1 aromatic rings.